The van der Waals surface area contributed by atoms with E-state index in [-0.39, 0.29) is 27.9 Å². The van der Waals surface area contributed by atoms with E-state index in [1.165, 1.54) is 69.9 Å². The predicted octanol–water partition coefficient (Wildman–Crippen LogP) is 16.3. The molecule has 10 aromatic rings. The van der Waals surface area contributed by atoms with E-state index in [4.69, 9.17) is 23.4 Å². The maximum Gasteiger partial charge on any atom is 0.269 e. The van der Waals surface area contributed by atoms with Crippen molar-refractivity contribution in [3.8, 4) is 50.9 Å². The SMILES string of the molecule is [2H]c1c([2H])c([2H])c(-c2cccc(-c3c([2H])c([2H])c([2H])c([2H])c3[2H])c2-[n+]2[c-]n(-c3cccc(Oc4ccc5c6ccccc6n(-c6cc(N(CC7C8CC9CC(C8)CC7C9)CC7C8CC9CC(C8)CC7C9)ccn6)c5c4)c3)c3ccccc32)c([2H])c1[2H]. The zero-order valence-corrected chi connectivity index (χ0v) is 42.5. The number of pyridine rings is 1. The lowest BCUT2D eigenvalue weighted by molar-refractivity contribution is -0.571. The fourth-order valence-electron chi connectivity index (χ4n) is 16.7. The normalized spacial score (nSPS) is 27.8. The molecule has 0 unspecified atom stereocenters. The van der Waals surface area contributed by atoms with Crippen LogP contribution in [0.4, 0.5) is 5.69 Å². The summed E-state index contributed by atoms with van der Waals surface area (Å²) in [5.41, 5.74) is 5.57. The van der Waals surface area contributed by atoms with Crippen LogP contribution in [0, 0.1) is 65.5 Å². The van der Waals surface area contributed by atoms with Crippen molar-refractivity contribution in [1.82, 2.24) is 14.1 Å². The summed E-state index contributed by atoms with van der Waals surface area (Å²) < 4.78 is 101. The van der Waals surface area contributed by atoms with Crippen molar-refractivity contribution in [3.05, 3.63) is 194 Å². The van der Waals surface area contributed by atoms with E-state index in [9.17, 15) is 0 Å². The molecule has 8 aliphatic rings. The lowest BCUT2D eigenvalue weighted by Gasteiger charge is -2.57. The molecule has 0 amide bonds. The van der Waals surface area contributed by atoms with Crippen molar-refractivity contribution < 1.29 is 23.0 Å². The fraction of sp³-hybridized carbons (Fsp3) is 0.314. The Kier molecular flexibility index (Phi) is 8.52. The summed E-state index contributed by atoms with van der Waals surface area (Å²) in [6, 6.07) is 34.4. The van der Waals surface area contributed by atoms with Gasteiger partial charge in [-0.3, -0.25) is 13.7 Å². The van der Waals surface area contributed by atoms with Gasteiger partial charge in [0.05, 0.1) is 47.1 Å². The minimum atomic E-state index is -0.555. The number of aromatic nitrogens is 4. The molecule has 0 N–H and O–H groups in total. The predicted molar refractivity (Wildman–Crippen MR) is 306 cm³/mol. The molecule has 0 atom stereocenters. The molecule has 8 bridgehead atoms. The third-order valence-corrected chi connectivity index (χ3v) is 19.3. The first-order chi connectivity index (χ1) is 41.7. The van der Waals surface area contributed by atoms with Gasteiger partial charge in [0.15, 0.2) is 0 Å². The molecular weight excluding hydrogens is 927 g/mol. The zero-order valence-electron chi connectivity index (χ0n) is 52.5. The number of nitrogens with zero attached hydrogens (tertiary/aromatic N) is 5. The van der Waals surface area contributed by atoms with Crippen molar-refractivity contribution in [1.29, 1.82) is 0 Å². The number of ether oxygens (including phenoxy) is 1. The summed E-state index contributed by atoms with van der Waals surface area (Å²) in [5, 5.41) is 2.23. The van der Waals surface area contributed by atoms with Gasteiger partial charge in [0, 0.05) is 47.9 Å². The highest BCUT2D eigenvalue weighted by Crippen LogP contribution is 2.59. The Morgan fingerprint density at radius 3 is 1.75 bits per heavy atom. The second-order valence-electron chi connectivity index (χ2n) is 23.6. The number of hydrogen-bond acceptors (Lipinski definition) is 3. The molecule has 7 aromatic carbocycles. The summed E-state index contributed by atoms with van der Waals surface area (Å²) in [7, 11) is 0. The summed E-state index contributed by atoms with van der Waals surface area (Å²) in [6.07, 6.45) is 19.9. The van der Waals surface area contributed by atoms with Crippen LogP contribution in [0.3, 0.4) is 0 Å². The topological polar surface area (TPSA) is 39.1 Å². The Morgan fingerprint density at radius 1 is 0.539 bits per heavy atom. The second kappa shape index (κ2) is 18.1. The molecule has 8 fully saturated rings. The van der Waals surface area contributed by atoms with Crippen molar-refractivity contribution in [3.63, 3.8) is 0 Å². The van der Waals surface area contributed by atoms with E-state index in [2.05, 4.69) is 64.3 Å². The van der Waals surface area contributed by atoms with Gasteiger partial charge in [0.25, 0.3) is 6.33 Å². The first kappa shape index (κ1) is 35.7. The number of hydrogen-bond donors (Lipinski definition) is 0. The number of fused-ring (bicyclic) bond motifs is 4. The van der Waals surface area contributed by atoms with Gasteiger partial charge in [-0.1, -0.05) is 127 Å². The van der Waals surface area contributed by atoms with E-state index in [1.54, 1.807) is 22.8 Å². The molecule has 0 spiro atoms. The van der Waals surface area contributed by atoms with Crippen molar-refractivity contribution in [2.24, 2.45) is 59.2 Å². The van der Waals surface area contributed by atoms with Crippen molar-refractivity contribution >= 4 is 38.5 Å². The number of rotatable bonds is 12. The van der Waals surface area contributed by atoms with Gasteiger partial charge < -0.3 is 9.64 Å². The standard InChI is InChI=1S/C70H65N5O/c1-3-13-49(14-4-1)59-20-12-21-60(50-15-5-2-6-16-50)70(59)74-44-73(66-23-9-10-24-67(66)74)56-17-11-18-57(39-56)76-58-25-26-62-61-19-7-8-22-65(61)75(68(62)41-58)69-40-55(27-28-71-69)72(42-63-51-31-45-29-46(33-51)34-52(63)32-45)43-64-53-35-47-30-48(37-53)38-54(64)36-47/h1-28,39-41,45-48,51-54,63-64H,29-38,42-43H2/i1D,2D,3D,4D,5D,6D,13D,14D,15D,16D. The lowest BCUT2D eigenvalue weighted by atomic mass is 9.51. The van der Waals surface area contributed by atoms with Gasteiger partial charge in [-0.05, 0) is 188 Å². The molecule has 3 heterocycles. The van der Waals surface area contributed by atoms with Gasteiger partial charge in [-0.2, -0.15) is 0 Å². The molecular formula is C70H65N5O. The highest BCUT2D eigenvalue weighted by molar-refractivity contribution is 6.09. The minimum Gasteiger partial charge on any atom is -0.458 e. The maximum absolute atomic E-state index is 9.11. The van der Waals surface area contributed by atoms with Gasteiger partial charge >= 0.3 is 0 Å². The number of imidazole rings is 1. The third-order valence-electron chi connectivity index (χ3n) is 19.3. The zero-order chi connectivity index (χ0) is 58.5. The van der Waals surface area contributed by atoms with Crippen LogP contribution in [-0.4, -0.2) is 27.2 Å². The summed E-state index contributed by atoms with van der Waals surface area (Å²) in [5.74, 6) is 10.7. The third kappa shape index (κ3) is 7.64. The molecule has 0 aliphatic heterocycles. The van der Waals surface area contributed by atoms with E-state index in [0.29, 0.717) is 28.2 Å². The summed E-state index contributed by atoms with van der Waals surface area (Å²) >= 11 is 0. The Morgan fingerprint density at radius 2 is 1.11 bits per heavy atom. The lowest BCUT2D eigenvalue weighted by Crippen LogP contribution is -2.52. The Balaban J connectivity index is 0.780. The van der Waals surface area contributed by atoms with Crippen LogP contribution < -0.4 is 14.2 Å². The van der Waals surface area contributed by atoms with E-state index < -0.39 is 60.4 Å². The molecule has 376 valence electrons. The van der Waals surface area contributed by atoms with Crippen LogP contribution in [0.15, 0.2) is 188 Å². The monoisotopic (exact) mass is 1000 g/mol. The quantitative estimate of drug-likeness (QED) is 0.0904. The number of benzene rings is 7. The van der Waals surface area contributed by atoms with Crippen LogP contribution in [0.1, 0.15) is 77.9 Å². The van der Waals surface area contributed by atoms with E-state index >= 15 is 0 Å². The number of anilines is 1. The van der Waals surface area contributed by atoms with Crippen LogP contribution in [0.5, 0.6) is 11.5 Å². The first-order valence-corrected chi connectivity index (χ1v) is 28.0. The molecule has 0 saturated heterocycles. The van der Waals surface area contributed by atoms with E-state index in [0.717, 1.165) is 99.9 Å². The Bertz CT molecular complexity index is 4190. The van der Waals surface area contributed by atoms with Crippen molar-refractivity contribution in [2.75, 3.05) is 18.0 Å². The molecule has 6 nitrogen and oxygen atoms in total. The second-order valence-corrected chi connectivity index (χ2v) is 23.6. The van der Waals surface area contributed by atoms with Gasteiger partial charge in [-0.15, -0.1) is 0 Å². The summed E-state index contributed by atoms with van der Waals surface area (Å²) in [6.45, 7) is 2.28. The minimum absolute atomic E-state index is 0.116. The van der Waals surface area contributed by atoms with Crippen LogP contribution in [0.25, 0.3) is 72.3 Å². The average molecular weight is 1000 g/mol. The van der Waals surface area contributed by atoms with Gasteiger partial charge in [-0.25, -0.2) is 4.98 Å². The molecule has 76 heavy (non-hydrogen) atoms. The largest absolute Gasteiger partial charge is 0.458 e. The Hall–Kier alpha value is -7.44. The highest BCUT2D eigenvalue weighted by Gasteiger charge is 2.51. The van der Waals surface area contributed by atoms with Gasteiger partial charge in [0.1, 0.15) is 17.3 Å². The molecule has 8 aliphatic carbocycles. The van der Waals surface area contributed by atoms with Crippen LogP contribution in [0.2, 0.25) is 0 Å². The van der Waals surface area contributed by atoms with Gasteiger partial charge in [0.2, 0.25) is 0 Å². The number of para-hydroxylation sites is 4. The molecule has 3 aromatic heterocycles. The Labute approximate surface area is 460 Å². The summed E-state index contributed by atoms with van der Waals surface area (Å²) in [4.78, 5) is 8.05. The highest BCUT2D eigenvalue weighted by atomic mass is 16.5. The fourth-order valence-corrected chi connectivity index (χ4v) is 16.7. The van der Waals surface area contributed by atoms with Crippen molar-refractivity contribution in [2.45, 2.75) is 64.2 Å². The van der Waals surface area contributed by atoms with E-state index in [1.807, 2.05) is 65.4 Å². The average Bonchev–Trinajstić information content (AvgIpc) is 1.41. The van der Waals surface area contributed by atoms with Crippen LogP contribution in [-0.2, 0) is 0 Å². The maximum atomic E-state index is 9.11. The molecule has 0 radical (unpaired) electrons. The van der Waals surface area contributed by atoms with Crippen LogP contribution >= 0.6 is 0 Å². The molecule has 6 heteroatoms. The molecule has 18 rings (SSSR count). The first-order valence-electron chi connectivity index (χ1n) is 33.0. The smallest absolute Gasteiger partial charge is 0.269 e. The molecule has 8 saturated carbocycles.